The molecule has 20 nitrogen and oxygen atoms in total. The van der Waals surface area contributed by atoms with Crippen LogP contribution in [0.1, 0.15) is 166 Å². The second-order valence-electron chi connectivity index (χ2n) is 15.0. The van der Waals surface area contributed by atoms with Gasteiger partial charge >= 0.3 is 28.5 Å². The fraction of sp³-hybridized carbons (Fsp3) is 0.923. The summed E-state index contributed by atoms with van der Waals surface area (Å²) in [5, 5.41) is 90.0. The summed E-state index contributed by atoms with van der Waals surface area (Å²) in [6.07, 6.45) is 0. The molecule has 0 aromatic heterocycles. The van der Waals surface area contributed by atoms with Crippen molar-refractivity contribution in [3.05, 3.63) is 0 Å². The van der Waals surface area contributed by atoms with Crippen molar-refractivity contribution in [2.45, 2.75) is 166 Å². The van der Waals surface area contributed by atoms with Gasteiger partial charge in [-0.3, -0.25) is 0 Å². The van der Waals surface area contributed by atoms with Gasteiger partial charge in [0.25, 0.3) is 0 Å². The van der Waals surface area contributed by atoms with Gasteiger partial charge in [-0.25, -0.2) is 21.0 Å². The minimum Gasteiger partial charge on any atom is -0.415 e. The molecule has 0 heterocycles. The summed E-state index contributed by atoms with van der Waals surface area (Å²) in [6.45, 7) is 81.0. The minimum atomic E-state index is -1.81. The topological polar surface area (TPSA) is 283 Å². The Morgan fingerprint density at radius 1 is 0.184 bits per heavy atom. The molecule has 24 heteroatoms. The van der Waals surface area contributed by atoms with E-state index in [0.717, 1.165) is 23.9 Å². The molecule has 0 bridgehead atoms. The number of hydrogen-bond donors (Lipinski definition) is 8. The maximum Gasteiger partial charge on any atom is 0.573 e. The van der Waals surface area contributed by atoms with E-state index >= 15 is 0 Å². The number of hydrogen-bond acceptors (Lipinski definition) is 20. The molecule has 0 aromatic rings. The first-order valence-corrected chi connectivity index (χ1v) is 28.7. The normalized spacial score (nSPS) is 9.11. The van der Waals surface area contributed by atoms with E-state index in [0.29, 0.717) is 0 Å². The van der Waals surface area contributed by atoms with Crippen molar-refractivity contribution in [3.63, 3.8) is 0 Å². The van der Waals surface area contributed by atoms with Crippen LogP contribution in [0.4, 0.5) is 0 Å². The molecule has 0 unspecified atom stereocenters. The van der Waals surface area contributed by atoms with Crippen LogP contribution in [0.3, 0.4) is 0 Å². The van der Waals surface area contributed by atoms with Crippen LogP contribution >= 0.6 is 0 Å². The summed E-state index contributed by atoms with van der Waals surface area (Å²) in [5.41, 5.74) is 0. The van der Waals surface area contributed by atoms with Crippen LogP contribution in [-0.4, -0.2) is 265 Å². The van der Waals surface area contributed by atoms with Gasteiger partial charge in [-0.2, -0.15) is 0 Å². The monoisotopic (exact) mass is 1090 g/mol. The van der Waals surface area contributed by atoms with Crippen molar-refractivity contribution < 1.29 is 40.2 Å². The van der Waals surface area contributed by atoms with Crippen LogP contribution in [0, 0.1) is 44.9 Å². The third-order valence-corrected chi connectivity index (χ3v) is 11.2. The zero-order chi connectivity index (χ0) is 62.7. The van der Waals surface area contributed by atoms with Crippen molar-refractivity contribution in [2.24, 2.45) is 0 Å². The molecule has 0 saturated carbocycles. The standard InChI is InChI=1S/8C6H15N.4CH2BNO2/c8*1-4-7(5-2)6-3;4*3-1-2(4)5/h8*4-6H2,1-3H3;4*4-5H. The van der Waals surface area contributed by atoms with Gasteiger partial charge in [0.05, 0.1) is 23.9 Å². The first-order chi connectivity index (χ1) is 35.8. The van der Waals surface area contributed by atoms with Gasteiger partial charge in [0, 0.05) is 0 Å². The van der Waals surface area contributed by atoms with Crippen molar-refractivity contribution in [3.8, 4) is 23.9 Å². The third-order valence-electron chi connectivity index (χ3n) is 11.2. The van der Waals surface area contributed by atoms with E-state index in [1.54, 1.807) is 0 Å². The molecule has 0 aliphatic rings. The van der Waals surface area contributed by atoms with Gasteiger partial charge in [-0.15, -0.1) is 0 Å². The summed E-state index contributed by atoms with van der Waals surface area (Å²) in [4.78, 5) is 19.0. The fourth-order valence-corrected chi connectivity index (χ4v) is 5.37. The van der Waals surface area contributed by atoms with Crippen molar-refractivity contribution in [1.29, 1.82) is 21.0 Å². The lowest BCUT2D eigenvalue weighted by atomic mass is 9.97. The summed E-state index contributed by atoms with van der Waals surface area (Å²) in [6, 6.07) is 0. The molecule has 0 radical (unpaired) electrons. The van der Waals surface area contributed by atoms with E-state index in [4.69, 9.17) is 61.2 Å². The Balaban J connectivity index is -0.0000000589. The van der Waals surface area contributed by atoms with Crippen molar-refractivity contribution >= 4 is 28.5 Å². The largest absolute Gasteiger partial charge is 0.573 e. The Morgan fingerprint density at radius 2 is 0.224 bits per heavy atom. The highest BCUT2D eigenvalue weighted by Crippen LogP contribution is 1.86. The molecule has 8 N–H and O–H groups in total. The number of nitriles is 4. The van der Waals surface area contributed by atoms with Gasteiger partial charge in [-0.05, 0) is 157 Å². The summed E-state index contributed by atoms with van der Waals surface area (Å²) < 4.78 is 0. The molecule has 0 spiro atoms. The molecule has 76 heavy (non-hydrogen) atoms. The van der Waals surface area contributed by atoms with Crippen molar-refractivity contribution in [1.82, 2.24) is 39.2 Å². The van der Waals surface area contributed by atoms with Crippen LogP contribution in [0.15, 0.2) is 0 Å². The van der Waals surface area contributed by atoms with E-state index < -0.39 is 28.5 Å². The molecular formula is C52H128B4N12O8. The van der Waals surface area contributed by atoms with E-state index in [9.17, 15) is 0 Å². The molecule has 0 aliphatic heterocycles. The number of nitrogens with zero attached hydrogens (tertiary/aromatic N) is 12. The Hall–Kier alpha value is -2.42. The van der Waals surface area contributed by atoms with Gasteiger partial charge in [0.1, 0.15) is 0 Å². The highest BCUT2D eigenvalue weighted by atomic mass is 16.4. The predicted octanol–water partition coefficient (Wildman–Crippen LogP) is 4.87. The maximum absolute atomic E-state index is 7.56. The molecule has 0 amide bonds. The molecule has 0 fully saturated rings. The third kappa shape index (κ3) is 124. The minimum absolute atomic E-state index is 1.14. The second kappa shape index (κ2) is 98.1. The summed E-state index contributed by atoms with van der Waals surface area (Å²) in [7, 11) is -7.24. The Morgan fingerprint density at radius 3 is 0.224 bits per heavy atom. The first kappa shape index (κ1) is 102. The zero-order valence-electron chi connectivity index (χ0n) is 54.2. The second-order valence-corrected chi connectivity index (χ2v) is 15.0. The quantitative estimate of drug-likeness (QED) is 0.0599. The molecule has 0 saturated heterocycles. The van der Waals surface area contributed by atoms with Crippen LogP contribution in [0.2, 0.25) is 0 Å². The smallest absolute Gasteiger partial charge is 0.415 e. The SMILES string of the molecule is CCN(CC)CC.CCN(CC)CC.CCN(CC)CC.CCN(CC)CC.CCN(CC)CC.CCN(CC)CC.CCN(CC)CC.CCN(CC)CC.N#CB(O)O.N#CB(O)O.N#CB(O)O.N#CB(O)O. The van der Waals surface area contributed by atoms with E-state index in [1.807, 2.05) is 0 Å². The lowest BCUT2D eigenvalue weighted by Gasteiger charge is -2.13. The average Bonchev–Trinajstić information content (AvgIpc) is 3.44. The molecule has 456 valence electrons. The van der Waals surface area contributed by atoms with E-state index in [-0.39, 0.29) is 0 Å². The highest BCUT2D eigenvalue weighted by Gasteiger charge is 2.00. The summed E-state index contributed by atoms with van der Waals surface area (Å²) >= 11 is 0. The average molecular weight is 1090 g/mol. The molecule has 0 rings (SSSR count). The molecule has 0 aromatic carbocycles. The molecule has 0 aliphatic carbocycles. The van der Waals surface area contributed by atoms with Crippen LogP contribution in [0.5, 0.6) is 0 Å². The van der Waals surface area contributed by atoms with Gasteiger partial charge < -0.3 is 79.4 Å². The zero-order valence-corrected chi connectivity index (χ0v) is 54.2. The Labute approximate surface area is 474 Å². The molecule has 0 atom stereocenters. The highest BCUT2D eigenvalue weighted by molar-refractivity contribution is 6.51. The predicted molar refractivity (Wildman–Crippen MR) is 331 cm³/mol. The Bertz CT molecular complexity index is 839. The van der Waals surface area contributed by atoms with Gasteiger partial charge in [0.15, 0.2) is 0 Å². The number of rotatable bonds is 24. The fourth-order valence-electron chi connectivity index (χ4n) is 5.37. The Kier molecular flexibility index (Phi) is 132. The lowest BCUT2D eigenvalue weighted by Crippen LogP contribution is -2.21. The van der Waals surface area contributed by atoms with E-state index in [2.05, 4.69) is 205 Å². The summed E-state index contributed by atoms with van der Waals surface area (Å²) in [5.74, 6) is 4.56. The van der Waals surface area contributed by atoms with E-state index in [1.165, 1.54) is 157 Å². The van der Waals surface area contributed by atoms with Crippen molar-refractivity contribution in [2.75, 3.05) is 157 Å². The van der Waals surface area contributed by atoms with Gasteiger partial charge in [0.2, 0.25) is 0 Å². The van der Waals surface area contributed by atoms with Crippen LogP contribution in [-0.2, 0) is 0 Å². The van der Waals surface area contributed by atoms with Crippen LogP contribution in [0.25, 0.3) is 0 Å². The lowest BCUT2D eigenvalue weighted by molar-refractivity contribution is 0.321. The van der Waals surface area contributed by atoms with Gasteiger partial charge in [-0.1, -0.05) is 166 Å². The van der Waals surface area contributed by atoms with Crippen LogP contribution < -0.4 is 0 Å². The maximum atomic E-state index is 7.56. The molecular weight excluding hydrogens is 964 g/mol. The first-order valence-electron chi connectivity index (χ1n) is 28.7.